The molecule has 0 saturated heterocycles. The number of para-hydroxylation sites is 1. The third-order valence-corrected chi connectivity index (χ3v) is 4.05. The minimum atomic E-state index is -1.18. The highest BCUT2D eigenvalue weighted by molar-refractivity contribution is 7.84. The second-order valence-corrected chi connectivity index (χ2v) is 6.10. The SMILES string of the molecule is Cc1cccc(S(C)=O)c1NC(=O)Cc1ccc(F)cc1. The Balaban J connectivity index is 2.16. The summed E-state index contributed by atoms with van der Waals surface area (Å²) in [7, 11) is -1.18. The summed E-state index contributed by atoms with van der Waals surface area (Å²) < 4.78 is 24.5. The summed E-state index contributed by atoms with van der Waals surface area (Å²) in [5.74, 6) is -0.552. The number of rotatable bonds is 4. The molecule has 5 heteroatoms. The van der Waals surface area contributed by atoms with Crippen molar-refractivity contribution in [1.82, 2.24) is 0 Å². The Morgan fingerprint density at radius 1 is 1.19 bits per heavy atom. The molecule has 0 aliphatic carbocycles. The summed E-state index contributed by atoms with van der Waals surface area (Å²) in [6, 6.07) is 11.2. The number of nitrogens with one attached hydrogen (secondary N) is 1. The van der Waals surface area contributed by atoms with Crippen LogP contribution in [0.2, 0.25) is 0 Å². The van der Waals surface area contributed by atoms with Crippen LogP contribution in [0.3, 0.4) is 0 Å². The maximum Gasteiger partial charge on any atom is 0.228 e. The van der Waals surface area contributed by atoms with Gasteiger partial charge in [-0.25, -0.2) is 4.39 Å². The van der Waals surface area contributed by atoms with Gasteiger partial charge in [-0.3, -0.25) is 9.00 Å². The molecular weight excluding hydrogens is 289 g/mol. The molecule has 1 unspecified atom stereocenters. The van der Waals surface area contributed by atoms with E-state index in [9.17, 15) is 13.4 Å². The van der Waals surface area contributed by atoms with Gasteiger partial charge in [-0.2, -0.15) is 0 Å². The van der Waals surface area contributed by atoms with E-state index in [1.807, 2.05) is 19.1 Å². The van der Waals surface area contributed by atoms with Crippen LogP contribution in [-0.4, -0.2) is 16.4 Å². The predicted octanol–water partition coefficient (Wildman–Crippen LogP) is 3.05. The zero-order chi connectivity index (χ0) is 15.4. The van der Waals surface area contributed by atoms with Crippen LogP contribution < -0.4 is 5.32 Å². The van der Waals surface area contributed by atoms with E-state index >= 15 is 0 Å². The highest BCUT2D eigenvalue weighted by Gasteiger charge is 2.12. The van der Waals surface area contributed by atoms with Crippen molar-refractivity contribution >= 4 is 22.4 Å². The summed E-state index contributed by atoms with van der Waals surface area (Å²) in [5, 5.41) is 2.80. The first-order valence-corrected chi connectivity index (χ1v) is 8.00. The first-order chi connectivity index (χ1) is 9.97. The van der Waals surface area contributed by atoms with Crippen molar-refractivity contribution in [2.75, 3.05) is 11.6 Å². The van der Waals surface area contributed by atoms with Gasteiger partial charge in [0.1, 0.15) is 5.82 Å². The van der Waals surface area contributed by atoms with Gasteiger partial charge in [0, 0.05) is 6.26 Å². The average Bonchev–Trinajstić information content (AvgIpc) is 2.43. The molecule has 0 aromatic heterocycles. The Morgan fingerprint density at radius 2 is 1.86 bits per heavy atom. The third-order valence-electron chi connectivity index (χ3n) is 3.09. The highest BCUT2D eigenvalue weighted by Crippen LogP contribution is 2.23. The van der Waals surface area contributed by atoms with E-state index in [2.05, 4.69) is 5.32 Å². The Kier molecular flexibility index (Phi) is 4.85. The van der Waals surface area contributed by atoms with Crippen LogP contribution in [0.25, 0.3) is 0 Å². The summed E-state index contributed by atoms with van der Waals surface area (Å²) in [6.07, 6.45) is 1.72. The van der Waals surface area contributed by atoms with Crippen molar-refractivity contribution in [3.8, 4) is 0 Å². The van der Waals surface area contributed by atoms with Crippen molar-refractivity contribution in [1.29, 1.82) is 0 Å². The van der Waals surface area contributed by atoms with Crippen LogP contribution in [0.5, 0.6) is 0 Å². The van der Waals surface area contributed by atoms with Crippen molar-refractivity contribution in [3.05, 3.63) is 59.4 Å². The van der Waals surface area contributed by atoms with Gasteiger partial charge in [0.25, 0.3) is 0 Å². The van der Waals surface area contributed by atoms with Crippen LogP contribution in [0.1, 0.15) is 11.1 Å². The molecule has 0 radical (unpaired) electrons. The molecule has 21 heavy (non-hydrogen) atoms. The maximum absolute atomic E-state index is 12.8. The summed E-state index contributed by atoms with van der Waals surface area (Å²) >= 11 is 0. The standard InChI is InChI=1S/C16H16FNO2S/c1-11-4-3-5-14(21(2)20)16(11)18-15(19)10-12-6-8-13(17)9-7-12/h3-9H,10H2,1-2H3,(H,18,19). The molecule has 2 aromatic carbocycles. The summed E-state index contributed by atoms with van der Waals surface area (Å²) in [4.78, 5) is 12.7. The first kappa shape index (κ1) is 15.4. The number of hydrogen-bond acceptors (Lipinski definition) is 2. The van der Waals surface area contributed by atoms with Crippen LogP contribution in [0, 0.1) is 12.7 Å². The summed E-state index contributed by atoms with van der Waals surface area (Å²) in [6.45, 7) is 1.85. The molecule has 110 valence electrons. The minimum absolute atomic E-state index is 0.143. The fourth-order valence-corrected chi connectivity index (χ4v) is 2.78. The normalized spacial score (nSPS) is 12.0. The molecule has 0 aliphatic rings. The summed E-state index contributed by atoms with van der Waals surface area (Å²) in [5.41, 5.74) is 2.17. The molecule has 2 rings (SSSR count). The minimum Gasteiger partial charge on any atom is -0.324 e. The number of halogens is 1. The van der Waals surface area contributed by atoms with Gasteiger partial charge >= 0.3 is 0 Å². The maximum atomic E-state index is 12.8. The van der Waals surface area contributed by atoms with Gasteiger partial charge in [-0.1, -0.05) is 24.3 Å². The average molecular weight is 305 g/mol. The molecule has 1 N–H and O–H groups in total. The number of aryl methyl sites for hydroxylation is 1. The molecule has 0 heterocycles. The van der Waals surface area contributed by atoms with Crippen molar-refractivity contribution < 1.29 is 13.4 Å². The number of hydrogen-bond donors (Lipinski definition) is 1. The lowest BCUT2D eigenvalue weighted by atomic mass is 10.1. The quantitative estimate of drug-likeness (QED) is 0.943. The first-order valence-electron chi connectivity index (χ1n) is 6.44. The Bertz CT molecular complexity index is 683. The van der Waals surface area contributed by atoms with Gasteiger partial charge in [0.15, 0.2) is 0 Å². The lowest BCUT2D eigenvalue weighted by Crippen LogP contribution is -2.16. The zero-order valence-corrected chi connectivity index (χ0v) is 12.7. The largest absolute Gasteiger partial charge is 0.324 e. The molecule has 2 aromatic rings. The number of benzene rings is 2. The van der Waals surface area contributed by atoms with E-state index < -0.39 is 10.8 Å². The number of carbonyl (C=O) groups excluding carboxylic acids is 1. The predicted molar refractivity (Wildman–Crippen MR) is 82.2 cm³/mol. The van der Waals surface area contributed by atoms with Crippen LogP contribution in [0.15, 0.2) is 47.4 Å². The number of carbonyl (C=O) groups is 1. The zero-order valence-electron chi connectivity index (χ0n) is 11.9. The van der Waals surface area contributed by atoms with E-state index in [-0.39, 0.29) is 18.1 Å². The van der Waals surface area contributed by atoms with E-state index in [1.54, 1.807) is 24.5 Å². The van der Waals surface area contributed by atoms with Gasteiger partial charge in [-0.05, 0) is 36.2 Å². The van der Waals surface area contributed by atoms with Crippen molar-refractivity contribution in [3.63, 3.8) is 0 Å². The van der Waals surface area contributed by atoms with Crippen LogP contribution in [0.4, 0.5) is 10.1 Å². The van der Waals surface area contributed by atoms with Crippen LogP contribution >= 0.6 is 0 Å². The third kappa shape index (κ3) is 3.98. The molecule has 0 spiro atoms. The van der Waals surface area contributed by atoms with Gasteiger partial charge in [0.05, 0.1) is 27.8 Å². The monoisotopic (exact) mass is 305 g/mol. The molecule has 0 fully saturated rings. The van der Waals surface area contributed by atoms with E-state index in [0.717, 1.165) is 11.1 Å². The van der Waals surface area contributed by atoms with Crippen molar-refractivity contribution in [2.45, 2.75) is 18.2 Å². The molecule has 0 bridgehead atoms. The number of anilines is 1. The van der Waals surface area contributed by atoms with E-state index in [4.69, 9.17) is 0 Å². The Morgan fingerprint density at radius 3 is 2.48 bits per heavy atom. The topological polar surface area (TPSA) is 46.2 Å². The van der Waals surface area contributed by atoms with Crippen LogP contribution in [-0.2, 0) is 22.0 Å². The Labute approximate surface area is 125 Å². The lowest BCUT2D eigenvalue weighted by molar-refractivity contribution is -0.115. The van der Waals surface area contributed by atoms with Gasteiger partial charge in [0.2, 0.25) is 5.91 Å². The van der Waals surface area contributed by atoms with E-state index in [1.165, 1.54) is 12.1 Å². The smallest absolute Gasteiger partial charge is 0.228 e. The molecule has 1 amide bonds. The van der Waals surface area contributed by atoms with Gasteiger partial charge < -0.3 is 5.32 Å². The molecule has 0 aliphatic heterocycles. The molecule has 1 atom stereocenters. The fourth-order valence-electron chi connectivity index (χ4n) is 2.01. The Hall–Kier alpha value is -2.01. The fraction of sp³-hybridized carbons (Fsp3) is 0.188. The molecule has 0 saturated carbocycles. The number of amides is 1. The lowest BCUT2D eigenvalue weighted by Gasteiger charge is -2.12. The molecule has 3 nitrogen and oxygen atoms in total. The van der Waals surface area contributed by atoms with Crippen molar-refractivity contribution in [2.24, 2.45) is 0 Å². The second kappa shape index (κ2) is 6.63. The van der Waals surface area contributed by atoms with Gasteiger partial charge in [-0.15, -0.1) is 0 Å². The highest BCUT2D eigenvalue weighted by atomic mass is 32.2. The second-order valence-electron chi connectivity index (χ2n) is 4.75. The molecular formula is C16H16FNO2S. The van der Waals surface area contributed by atoms with E-state index in [0.29, 0.717) is 10.6 Å².